The van der Waals surface area contributed by atoms with Crippen LogP contribution in [0.4, 0.5) is 10.1 Å². The second-order valence-corrected chi connectivity index (χ2v) is 9.39. The minimum atomic E-state index is -0.771. The molecular formula is C26H25FN6O3. The van der Waals surface area contributed by atoms with E-state index in [-0.39, 0.29) is 36.5 Å². The second kappa shape index (κ2) is 9.41. The van der Waals surface area contributed by atoms with Crippen LogP contribution in [0.1, 0.15) is 41.4 Å². The Morgan fingerprint density at radius 2 is 2.00 bits per heavy atom. The number of carbonyl (C=O) groups is 3. The number of likely N-dealkylation sites (N-methyl/N-ethyl adjacent to an activating group) is 1. The van der Waals surface area contributed by atoms with Crippen LogP contribution in [-0.4, -0.2) is 63.7 Å². The number of nitrogens with one attached hydrogen (secondary N) is 2. The average Bonchev–Trinajstić information content (AvgIpc) is 3.47. The van der Waals surface area contributed by atoms with Crippen molar-refractivity contribution < 1.29 is 18.8 Å². The van der Waals surface area contributed by atoms with Gasteiger partial charge in [0.15, 0.2) is 5.82 Å². The third-order valence-corrected chi connectivity index (χ3v) is 6.67. The number of carbonyl (C=O) groups excluding carboxylic acids is 3. The van der Waals surface area contributed by atoms with Crippen LogP contribution in [0.15, 0.2) is 42.5 Å². The van der Waals surface area contributed by atoms with Gasteiger partial charge in [0.05, 0.1) is 24.0 Å². The highest BCUT2D eigenvalue weighted by Crippen LogP contribution is 2.39. The lowest BCUT2D eigenvalue weighted by Crippen LogP contribution is -2.43. The van der Waals surface area contributed by atoms with Gasteiger partial charge in [0, 0.05) is 30.8 Å². The summed E-state index contributed by atoms with van der Waals surface area (Å²) in [6.07, 6.45) is 2.23. The maximum Gasteiger partial charge on any atom is 0.254 e. The van der Waals surface area contributed by atoms with Crippen molar-refractivity contribution in [3.63, 3.8) is 0 Å². The number of hydrogen-bond acceptors (Lipinski definition) is 5. The highest BCUT2D eigenvalue weighted by atomic mass is 19.1. The van der Waals surface area contributed by atoms with Gasteiger partial charge >= 0.3 is 0 Å². The molecule has 1 aliphatic heterocycles. The predicted octanol–water partition coefficient (Wildman–Crippen LogP) is 3.03. The Bertz CT molecular complexity index is 1380. The van der Waals surface area contributed by atoms with Crippen LogP contribution >= 0.6 is 0 Å². The predicted molar refractivity (Wildman–Crippen MR) is 129 cm³/mol. The zero-order chi connectivity index (χ0) is 25.4. The molecule has 2 unspecified atom stereocenters. The molecule has 9 nitrogen and oxygen atoms in total. The molecular weight excluding hydrogens is 463 g/mol. The number of H-pyrrole nitrogens is 1. The third kappa shape index (κ3) is 4.64. The van der Waals surface area contributed by atoms with Crippen LogP contribution in [-0.2, 0) is 9.59 Å². The molecule has 1 saturated carbocycles. The molecule has 36 heavy (non-hydrogen) atoms. The Hall–Kier alpha value is -4.26. The third-order valence-electron chi connectivity index (χ3n) is 6.67. The van der Waals surface area contributed by atoms with E-state index in [0.29, 0.717) is 17.1 Å². The number of nitrogens with zero attached hydrogens (tertiary/aromatic N) is 4. The Kier molecular flexibility index (Phi) is 6.14. The fourth-order valence-electron chi connectivity index (χ4n) is 4.54. The summed E-state index contributed by atoms with van der Waals surface area (Å²) < 4.78 is 14.6. The van der Waals surface area contributed by atoms with Crippen LogP contribution in [0.2, 0.25) is 0 Å². The smallest absolute Gasteiger partial charge is 0.254 e. The van der Waals surface area contributed by atoms with E-state index in [1.807, 2.05) is 6.07 Å². The van der Waals surface area contributed by atoms with E-state index in [0.717, 1.165) is 24.7 Å². The van der Waals surface area contributed by atoms with E-state index in [2.05, 4.69) is 21.4 Å². The molecule has 2 atom stereocenters. The highest BCUT2D eigenvalue weighted by molar-refractivity contribution is 5.99. The summed E-state index contributed by atoms with van der Waals surface area (Å²) in [7, 11) is 1.45. The Balaban J connectivity index is 1.24. The molecule has 3 amide bonds. The number of benzene rings is 2. The van der Waals surface area contributed by atoms with E-state index in [9.17, 15) is 24.0 Å². The largest absolute Gasteiger partial charge is 0.342 e. The Labute approximate surface area is 206 Å². The summed E-state index contributed by atoms with van der Waals surface area (Å²) in [6.45, 7) is -0.226. The summed E-state index contributed by atoms with van der Waals surface area (Å²) in [5.41, 5.74) is 1.37. The van der Waals surface area contributed by atoms with Gasteiger partial charge in [0.2, 0.25) is 11.8 Å². The monoisotopic (exact) mass is 488 g/mol. The highest BCUT2D eigenvalue weighted by Gasteiger charge is 2.39. The molecule has 2 N–H and O–H groups in total. The number of halogens is 1. The molecule has 3 aromatic rings. The van der Waals surface area contributed by atoms with Gasteiger partial charge in [0.25, 0.3) is 5.91 Å². The van der Waals surface area contributed by atoms with Gasteiger partial charge in [-0.25, -0.2) is 9.37 Å². The second-order valence-electron chi connectivity index (χ2n) is 9.39. The lowest BCUT2D eigenvalue weighted by molar-refractivity contribution is -0.131. The van der Waals surface area contributed by atoms with E-state index in [4.69, 9.17) is 0 Å². The summed E-state index contributed by atoms with van der Waals surface area (Å²) >= 11 is 0. The van der Waals surface area contributed by atoms with Gasteiger partial charge in [-0.2, -0.15) is 5.26 Å². The van der Waals surface area contributed by atoms with Crippen molar-refractivity contribution in [3.05, 3.63) is 59.7 Å². The van der Waals surface area contributed by atoms with Crippen LogP contribution in [0.25, 0.3) is 11.0 Å². The first-order chi connectivity index (χ1) is 17.3. The molecule has 0 spiro atoms. The lowest BCUT2D eigenvalue weighted by Gasteiger charge is -2.24. The summed E-state index contributed by atoms with van der Waals surface area (Å²) in [5, 5.41) is 12.4. The molecule has 2 aromatic carbocycles. The quantitative estimate of drug-likeness (QED) is 0.552. The first kappa shape index (κ1) is 23.5. The van der Waals surface area contributed by atoms with Crippen molar-refractivity contribution in [1.29, 1.82) is 5.26 Å². The molecule has 0 radical (unpaired) electrons. The van der Waals surface area contributed by atoms with E-state index in [1.54, 1.807) is 30.3 Å². The van der Waals surface area contributed by atoms with Crippen molar-refractivity contribution >= 4 is 34.4 Å². The SMILES string of the molecule is CN(CC(=O)N1CC(C(=O)Nc2ccccc2)CC1C#N)C(=O)c1cc(F)c2nc(C3CC3)[nH]c2c1. The number of aromatic amines is 1. The number of fused-ring (bicyclic) bond motifs is 1. The van der Waals surface area contributed by atoms with Gasteiger partial charge in [0.1, 0.15) is 17.4 Å². The Morgan fingerprint density at radius 3 is 2.69 bits per heavy atom. The summed E-state index contributed by atoms with van der Waals surface area (Å²) in [4.78, 5) is 48.6. The molecule has 2 fully saturated rings. The fourth-order valence-corrected chi connectivity index (χ4v) is 4.54. The number of rotatable bonds is 6. The fraction of sp³-hybridized carbons (Fsp3) is 0.346. The molecule has 1 saturated heterocycles. The van der Waals surface area contributed by atoms with Crippen molar-refractivity contribution in [2.24, 2.45) is 5.92 Å². The van der Waals surface area contributed by atoms with Gasteiger partial charge in [-0.15, -0.1) is 0 Å². The number of nitriles is 1. The molecule has 1 aromatic heterocycles. The summed E-state index contributed by atoms with van der Waals surface area (Å²) in [6, 6.07) is 12.9. The zero-order valence-corrected chi connectivity index (χ0v) is 19.7. The molecule has 184 valence electrons. The molecule has 10 heteroatoms. The van der Waals surface area contributed by atoms with Gasteiger partial charge in [-0.1, -0.05) is 18.2 Å². The van der Waals surface area contributed by atoms with Crippen LogP contribution < -0.4 is 5.32 Å². The molecule has 2 heterocycles. The standard InChI is InChI=1S/C26H25FN6O3/c1-32(26(36)16-10-20(27)23-21(11-16)30-24(31-23)15-7-8-15)14-22(34)33-13-17(9-19(33)12-28)25(35)29-18-5-3-2-4-6-18/h2-6,10-11,15,17,19H,7-9,13-14H2,1H3,(H,29,35)(H,30,31). The number of hydrogen-bond donors (Lipinski definition) is 2. The van der Waals surface area contributed by atoms with Crippen LogP contribution in [0, 0.1) is 23.1 Å². The summed E-state index contributed by atoms with van der Waals surface area (Å²) in [5.74, 6) is -1.37. The average molecular weight is 489 g/mol. The first-order valence-electron chi connectivity index (χ1n) is 11.8. The van der Waals surface area contributed by atoms with E-state index < -0.39 is 29.6 Å². The number of imidazole rings is 1. The number of anilines is 1. The minimum absolute atomic E-state index is 0.0798. The van der Waals surface area contributed by atoms with Crippen LogP contribution in [0.3, 0.4) is 0 Å². The maximum absolute atomic E-state index is 14.6. The zero-order valence-electron chi connectivity index (χ0n) is 19.7. The van der Waals surface area contributed by atoms with E-state index in [1.165, 1.54) is 16.8 Å². The number of para-hydroxylation sites is 1. The van der Waals surface area contributed by atoms with Crippen molar-refractivity contribution in [2.75, 3.05) is 25.5 Å². The Morgan fingerprint density at radius 1 is 1.25 bits per heavy atom. The van der Waals surface area contributed by atoms with Gasteiger partial charge in [-0.3, -0.25) is 14.4 Å². The molecule has 0 bridgehead atoms. The van der Waals surface area contributed by atoms with Crippen molar-refractivity contribution in [1.82, 2.24) is 19.8 Å². The van der Waals surface area contributed by atoms with Gasteiger partial charge < -0.3 is 20.1 Å². The number of amides is 3. The lowest BCUT2D eigenvalue weighted by atomic mass is 10.1. The molecule has 5 rings (SSSR count). The number of aromatic nitrogens is 2. The van der Waals surface area contributed by atoms with E-state index >= 15 is 0 Å². The topological polar surface area (TPSA) is 122 Å². The molecule has 2 aliphatic rings. The normalized spacial score (nSPS) is 19.2. The van der Waals surface area contributed by atoms with Crippen molar-refractivity contribution in [3.8, 4) is 6.07 Å². The minimum Gasteiger partial charge on any atom is -0.342 e. The molecule has 1 aliphatic carbocycles. The first-order valence-corrected chi connectivity index (χ1v) is 11.8. The van der Waals surface area contributed by atoms with Crippen LogP contribution in [0.5, 0.6) is 0 Å². The van der Waals surface area contributed by atoms with Gasteiger partial charge in [-0.05, 0) is 43.5 Å². The maximum atomic E-state index is 14.6. The van der Waals surface area contributed by atoms with Crippen molar-refractivity contribution in [2.45, 2.75) is 31.2 Å². The number of likely N-dealkylation sites (tertiary alicyclic amines) is 1.